The Balaban J connectivity index is 2.02. The number of ether oxygens (including phenoxy) is 2. The van der Waals surface area contributed by atoms with Crippen LogP contribution in [0.15, 0.2) is 30.3 Å². The second kappa shape index (κ2) is 4.18. The van der Waals surface area contributed by atoms with E-state index in [1.807, 2.05) is 24.3 Å². The van der Waals surface area contributed by atoms with Crippen molar-refractivity contribution >= 4 is 0 Å². The molecule has 0 saturated heterocycles. The number of rotatable bonds is 3. The van der Waals surface area contributed by atoms with Crippen LogP contribution in [-0.2, 0) is 0 Å². The zero-order valence-corrected chi connectivity index (χ0v) is 7.98. The molecule has 0 spiro atoms. The molecule has 14 heavy (non-hydrogen) atoms. The Morgan fingerprint density at radius 3 is 2.93 bits per heavy atom. The van der Waals surface area contributed by atoms with E-state index in [1.165, 1.54) is 0 Å². The summed E-state index contributed by atoms with van der Waals surface area (Å²) in [5.74, 6) is 1.67. The summed E-state index contributed by atoms with van der Waals surface area (Å²) in [6.45, 7) is 5.93. The van der Waals surface area contributed by atoms with Crippen LogP contribution in [0.5, 0.6) is 11.5 Å². The standard InChI is InChI=1S/C12H13O2/c1-2-3-6-10-9-13-11-7-4-5-8-12(11)14-10/h1-2,4-5,7-8,10H,3,6,9H2. The number of para-hydroxylation sites is 2. The maximum absolute atomic E-state index is 5.73. The van der Waals surface area contributed by atoms with E-state index >= 15 is 0 Å². The molecule has 1 unspecified atom stereocenters. The zero-order valence-electron chi connectivity index (χ0n) is 7.98. The molecule has 0 saturated carbocycles. The highest BCUT2D eigenvalue weighted by Crippen LogP contribution is 2.31. The minimum Gasteiger partial charge on any atom is -0.486 e. The number of fused-ring (bicyclic) bond motifs is 1. The molecule has 1 aromatic carbocycles. The Morgan fingerprint density at radius 2 is 2.14 bits per heavy atom. The SMILES string of the molecule is [CH]=CCCC1COc2ccccc2O1. The van der Waals surface area contributed by atoms with Crippen molar-refractivity contribution in [3.63, 3.8) is 0 Å². The first kappa shape index (κ1) is 9.13. The fraction of sp³-hybridized carbons (Fsp3) is 0.333. The van der Waals surface area contributed by atoms with Gasteiger partial charge < -0.3 is 9.47 Å². The smallest absolute Gasteiger partial charge is 0.161 e. The van der Waals surface area contributed by atoms with E-state index in [2.05, 4.69) is 0 Å². The molecule has 1 atom stereocenters. The monoisotopic (exact) mass is 189 g/mol. The molecule has 0 aromatic heterocycles. The summed E-state index contributed by atoms with van der Waals surface area (Å²) in [6, 6.07) is 7.73. The van der Waals surface area contributed by atoms with Crippen LogP contribution in [0, 0.1) is 6.58 Å². The molecule has 0 bridgehead atoms. The van der Waals surface area contributed by atoms with Gasteiger partial charge in [-0.2, -0.15) is 0 Å². The summed E-state index contributed by atoms with van der Waals surface area (Å²) < 4.78 is 11.3. The first-order valence-electron chi connectivity index (χ1n) is 4.82. The van der Waals surface area contributed by atoms with Gasteiger partial charge in [0, 0.05) is 0 Å². The van der Waals surface area contributed by atoms with Crippen LogP contribution in [0.1, 0.15) is 12.8 Å². The molecular weight excluding hydrogens is 176 g/mol. The van der Waals surface area contributed by atoms with Crippen molar-refractivity contribution in [3.8, 4) is 11.5 Å². The fourth-order valence-electron chi connectivity index (χ4n) is 1.49. The van der Waals surface area contributed by atoms with Crippen molar-refractivity contribution < 1.29 is 9.47 Å². The van der Waals surface area contributed by atoms with Crippen molar-refractivity contribution in [1.82, 2.24) is 0 Å². The van der Waals surface area contributed by atoms with E-state index in [1.54, 1.807) is 6.08 Å². The van der Waals surface area contributed by atoms with Crippen molar-refractivity contribution in [3.05, 3.63) is 36.9 Å². The lowest BCUT2D eigenvalue weighted by Gasteiger charge is -2.26. The summed E-state index contributed by atoms with van der Waals surface area (Å²) in [6.07, 6.45) is 3.55. The lowest BCUT2D eigenvalue weighted by molar-refractivity contribution is 0.0856. The average Bonchev–Trinajstić information content (AvgIpc) is 2.26. The van der Waals surface area contributed by atoms with Gasteiger partial charge in [-0.25, -0.2) is 0 Å². The molecule has 1 aliphatic heterocycles. The highest BCUT2D eigenvalue weighted by Gasteiger charge is 2.19. The van der Waals surface area contributed by atoms with Crippen LogP contribution in [0.25, 0.3) is 0 Å². The molecule has 2 heteroatoms. The third-order valence-electron chi connectivity index (χ3n) is 2.22. The number of hydrogen-bond donors (Lipinski definition) is 0. The Hall–Kier alpha value is -1.44. The second-order valence-electron chi connectivity index (χ2n) is 3.31. The molecule has 2 rings (SSSR count). The van der Waals surface area contributed by atoms with Crippen molar-refractivity contribution in [2.45, 2.75) is 18.9 Å². The Morgan fingerprint density at radius 1 is 1.36 bits per heavy atom. The molecule has 0 fully saturated rings. The number of hydrogen-bond acceptors (Lipinski definition) is 2. The van der Waals surface area contributed by atoms with Gasteiger partial charge in [0.1, 0.15) is 12.7 Å². The summed E-state index contributed by atoms with van der Waals surface area (Å²) in [5, 5.41) is 0. The van der Waals surface area contributed by atoms with Crippen LogP contribution in [0.4, 0.5) is 0 Å². The average molecular weight is 189 g/mol. The predicted molar refractivity (Wildman–Crippen MR) is 54.5 cm³/mol. The quantitative estimate of drug-likeness (QED) is 0.727. The summed E-state index contributed by atoms with van der Waals surface area (Å²) in [7, 11) is 0. The molecule has 0 aliphatic carbocycles. The molecule has 0 amide bonds. The topological polar surface area (TPSA) is 18.5 Å². The van der Waals surface area contributed by atoms with Crippen LogP contribution >= 0.6 is 0 Å². The van der Waals surface area contributed by atoms with Crippen LogP contribution in [-0.4, -0.2) is 12.7 Å². The fourth-order valence-corrected chi connectivity index (χ4v) is 1.49. The van der Waals surface area contributed by atoms with Gasteiger partial charge in [-0.05, 0) is 25.0 Å². The van der Waals surface area contributed by atoms with Crippen LogP contribution in [0.2, 0.25) is 0 Å². The normalized spacial score (nSPS) is 19.0. The maximum Gasteiger partial charge on any atom is 0.161 e. The Labute approximate surface area is 84.2 Å². The van der Waals surface area contributed by atoms with Gasteiger partial charge >= 0.3 is 0 Å². The maximum atomic E-state index is 5.73. The molecular formula is C12H13O2. The molecule has 1 aromatic rings. The molecule has 1 aliphatic rings. The van der Waals surface area contributed by atoms with E-state index < -0.39 is 0 Å². The van der Waals surface area contributed by atoms with Gasteiger partial charge in [0.25, 0.3) is 0 Å². The highest BCUT2D eigenvalue weighted by molar-refractivity contribution is 5.40. The molecule has 2 nitrogen and oxygen atoms in total. The third-order valence-corrected chi connectivity index (χ3v) is 2.22. The summed E-state index contributed by atoms with van der Waals surface area (Å²) >= 11 is 0. The minimum absolute atomic E-state index is 0.129. The largest absolute Gasteiger partial charge is 0.486 e. The van der Waals surface area contributed by atoms with E-state index in [4.69, 9.17) is 16.1 Å². The Kier molecular flexibility index (Phi) is 2.73. The number of benzene rings is 1. The molecule has 1 radical (unpaired) electrons. The van der Waals surface area contributed by atoms with Gasteiger partial charge in [0.2, 0.25) is 0 Å². The van der Waals surface area contributed by atoms with Gasteiger partial charge in [-0.15, -0.1) is 0 Å². The van der Waals surface area contributed by atoms with Gasteiger partial charge in [-0.1, -0.05) is 24.8 Å². The zero-order chi connectivity index (χ0) is 9.80. The van der Waals surface area contributed by atoms with E-state index in [-0.39, 0.29) is 6.10 Å². The first-order valence-corrected chi connectivity index (χ1v) is 4.82. The lowest BCUT2D eigenvalue weighted by atomic mass is 10.2. The van der Waals surface area contributed by atoms with Crippen molar-refractivity contribution in [2.75, 3.05) is 6.61 Å². The molecule has 73 valence electrons. The first-order chi connectivity index (χ1) is 6.90. The molecule has 0 N–H and O–H groups in total. The predicted octanol–water partition coefficient (Wildman–Crippen LogP) is 2.60. The number of allylic oxidation sites excluding steroid dienone is 1. The van der Waals surface area contributed by atoms with Gasteiger partial charge in [-0.3, -0.25) is 0 Å². The lowest BCUT2D eigenvalue weighted by Crippen LogP contribution is -2.28. The van der Waals surface area contributed by atoms with E-state index in [9.17, 15) is 0 Å². The van der Waals surface area contributed by atoms with Crippen LogP contribution in [0.3, 0.4) is 0 Å². The van der Waals surface area contributed by atoms with E-state index in [0.29, 0.717) is 6.61 Å². The summed E-state index contributed by atoms with van der Waals surface area (Å²) in [4.78, 5) is 0. The minimum atomic E-state index is 0.129. The second-order valence-corrected chi connectivity index (χ2v) is 3.31. The summed E-state index contributed by atoms with van der Waals surface area (Å²) in [5.41, 5.74) is 0. The third kappa shape index (κ3) is 1.90. The van der Waals surface area contributed by atoms with Gasteiger partial charge in [0.05, 0.1) is 0 Å². The van der Waals surface area contributed by atoms with E-state index in [0.717, 1.165) is 24.3 Å². The highest BCUT2D eigenvalue weighted by atomic mass is 16.6. The van der Waals surface area contributed by atoms with Crippen LogP contribution < -0.4 is 9.47 Å². The van der Waals surface area contributed by atoms with Crippen molar-refractivity contribution in [2.24, 2.45) is 0 Å². The Bertz CT molecular complexity index is 320. The molecule has 1 heterocycles. The van der Waals surface area contributed by atoms with Crippen molar-refractivity contribution in [1.29, 1.82) is 0 Å². The van der Waals surface area contributed by atoms with Gasteiger partial charge in [0.15, 0.2) is 11.5 Å².